The SMILES string of the molecule is CN(C(=O)OC(C)(C)C)C1CCCCn2c1nc(C(=O)CCc1ccc(F)cc1N)c(OS(C)(=O)=O)c2=O. The van der Waals surface area contributed by atoms with Gasteiger partial charge in [0.15, 0.2) is 11.5 Å². The van der Waals surface area contributed by atoms with E-state index >= 15 is 0 Å². The molecule has 1 unspecified atom stereocenters. The largest absolute Gasteiger partial charge is 0.444 e. The zero-order valence-electron chi connectivity index (χ0n) is 22.1. The Bertz CT molecular complexity index is 1400. The van der Waals surface area contributed by atoms with Gasteiger partial charge in [-0.25, -0.2) is 14.2 Å². The van der Waals surface area contributed by atoms with Crippen LogP contribution in [0.3, 0.4) is 0 Å². The summed E-state index contributed by atoms with van der Waals surface area (Å²) >= 11 is 0. The second-order valence-corrected chi connectivity index (χ2v) is 11.8. The Hall–Kier alpha value is -3.48. The maximum absolute atomic E-state index is 13.5. The molecule has 0 aliphatic carbocycles. The summed E-state index contributed by atoms with van der Waals surface area (Å²) < 4.78 is 49.1. The van der Waals surface area contributed by atoms with Crippen LogP contribution in [0.1, 0.15) is 74.4 Å². The van der Waals surface area contributed by atoms with Crippen molar-refractivity contribution in [1.29, 1.82) is 0 Å². The number of ether oxygens (including phenoxy) is 1. The lowest BCUT2D eigenvalue weighted by molar-refractivity contribution is 0.0202. The van der Waals surface area contributed by atoms with Gasteiger partial charge in [0.2, 0.25) is 5.75 Å². The Labute approximate surface area is 220 Å². The number of Topliss-reactive ketones (excluding diaryl/α,β-unsaturated/α-hetero) is 1. The van der Waals surface area contributed by atoms with E-state index in [1.54, 1.807) is 20.8 Å². The topological polar surface area (TPSA) is 151 Å². The molecule has 11 nitrogen and oxygen atoms in total. The van der Waals surface area contributed by atoms with Gasteiger partial charge >= 0.3 is 16.2 Å². The molecule has 13 heteroatoms. The lowest BCUT2D eigenvalue weighted by Crippen LogP contribution is -2.39. The average Bonchev–Trinajstić information content (AvgIpc) is 3.00. The molecule has 2 aromatic rings. The number of benzene rings is 1. The van der Waals surface area contributed by atoms with Crippen molar-refractivity contribution in [1.82, 2.24) is 14.5 Å². The van der Waals surface area contributed by atoms with Crippen LogP contribution in [0.25, 0.3) is 0 Å². The minimum Gasteiger partial charge on any atom is -0.444 e. The molecule has 38 heavy (non-hydrogen) atoms. The fourth-order valence-corrected chi connectivity index (χ4v) is 4.62. The maximum Gasteiger partial charge on any atom is 0.410 e. The number of hydrogen-bond donors (Lipinski definition) is 1. The number of fused-ring (bicyclic) bond motifs is 1. The van der Waals surface area contributed by atoms with Crippen LogP contribution in [0, 0.1) is 5.82 Å². The van der Waals surface area contributed by atoms with E-state index in [4.69, 9.17) is 14.7 Å². The van der Waals surface area contributed by atoms with Crippen LogP contribution in [-0.4, -0.2) is 53.6 Å². The standard InChI is InChI=1S/C25H33FN4O7S/c1-25(2,3)36-24(33)29(4)18-8-6-7-13-30-22(18)28-20(21(23(30)32)37-38(5,34)35)19(31)12-10-15-9-11-16(26)14-17(15)27/h9,11,14,18H,6-8,10,12-13,27H2,1-5H3. The van der Waals surface area contributed by atoms with E-state index in [2.05, 4.69) is 4.98 Å². The summed E-state index contributed by atoms with van der Waals surface area (Å²) in [7, 11) is -2.67. The number of amides is 1. The molecule has 1 atom stereocenters. The van der Waals surface area contributed by atoms with Crippen molar-refractivity contribution in [3.63, 3.8) is 0 Å². The van der Waals surface area contributed by atoms with Crippen molar-refractivity contribution in [2.24, 2.45) is 0 Å². The highest BCUT2D eigenvalue weighted by Crippen LogP contribution is 2.30. The monoisotopic (exact) mass is 552 g/mol. The van der Waals surface area contributed by atoms with Crippen LogP contribution in [0.2, 0.25) is 0 Å². The third kappa shape index (κ3) is 7.09. The summed E-state index contributed by atoms with van der Waals surface area (Å²) in [5.74, 6) is -1.77. The molecule has 1 aliphatic rings. The van der Waals surface area contributed by atoms with Gasteiger partial charge in [0.1, 0.15) is 17.2 Å². The zero-order valence-corrected chi connectivity index (χ0v) is 22.9. The highest BCUT2D eigenvalue weighted by atomic mass is 32.2. The smallest absolute Gasteiger partial charge is 0.410 e. The van der Waals surface area contributed by atoms with E-state index in [1.165, 1.54) is 28.6 Å². The molecule has 3 rings (SSSR count). The lowest BCUT2D eigenvalue weighted by Gasteiger charge is -2.30. The van der Waals surface area contributed by atoms with E-state index < -0.39 is 56.5 Å². The first-order chi connectivity index (χ1) is 17.6. The molecule has 1 aromatic heterocycles. The Balaban J connectivity index is 2.08. The van der Waals surface area contributed by atoms with Crippen molar-refractivity contribution < 1.29 is 31.3 Å². The van der Waals surface area contributed by atoms with Crippen LogP contribution in [-0.2, 0) is 27.8 Å². The van der Waals surface area contributed by atoms with Crippen molar-refractivity contribution in [3.8, 4) is 5.75 Å². The third-order valence-corrected chi connectivity index (χ3v) is 6.41. The molecule has 2 N–H and O–H groups in total. The van der Waals surface area contributed by atoms with E-state index in [0.717, 1.165) is 12.3 Å². The minimum atomic E-state index is -4.19. The van der Waals surface area contributed by atoms with Gasteiger partial charge < -0.3 is 19.6 Å². The second kappa shape index (κ2) is 11.1. The first kappa shape index (κ1) is 29.1. The van der Waals surface area contributed by atoms with E-state index in [9.17, 15) is 27.2 Å². The molecule has 0 fully saturated rings. The Morgan fingerprint density at radius 2 is 1.95 bits per heavy atom. The molecular weight excluding hydrogens is 519 g/mol. The van der Waals surface area contributed by atoms with Gasteiger partial charge in [0.05, 0.1) is 12.3 Å². The van der Waals surface area contributed by atoms with E-state index in [-0.39, 0.29) is 30.9 Å². The van der Waals surface area contributed by atoms with Crippen molar-refractivity contribution in [3.05, 3.63) is 51.5 Å². The van der Waals surface area contributed by atoms with E-state index in [1.807, 2.05) is 0 Å². The highest BCUT2D eigenvalue weighted by molar-refractivity contribution is 7.86. The number of carbonyl (C=O) groups is 2. The summed E-state index contributed by atoms with van der Waals surface area (Å²) in [5, 5.41) is 0. The zero-order chi connectivity index (χ0) is 28.4. The van der Waals surface area contributed by atoms with Crippen LogP contribution in [0.15, 0.2) is 23.0 Å². The van der Waals surface area contributed by atoms with Gasteiger partial charge in [0.25, 0.3) is 5.56 Å². The first-order valence-corrected chi connectivity index (χ1v) is 14.0. The van der Waals surface area contributed by atoms with Gasteiger partial charge in [-0.2, -0.15) is 8.42 Å². The number of nitrogens with two attached hydrogens (primary N) is 1. The number of halogens is 1. The number of aryl methyl sites for hydroxylation is 1. The molecule has 0 saturated heterocycles. The Morgan fingerprint density at radius 3 is 2.55 bits per heavy atom. The summed E-state index contributed by atoms with van der Waals surface area (Å²) in [6, 6.07) is 3.06. The molecule has 2 heterocycles. The fraction of sp³-hybridized carbons (Fsp3) is 0.520. The maximum atomic E-state index is 13.5. The number of ketones is 1. The molecule has 1 amide bonds. The van der Waals surface area contributed by atoms with Gasteiger partial charge in [-0.05, 0) is 64.2 Å². The molecular formula is C25H33FN4O7S. The molecule has 0 bridgehead atoms. The first-order valence-electron chi connectivity index (χ1n) is 12.1. The van der Waals surface area contributed by atoms with Crippen LogP contribution in [0.5, 0.6) is 5.75 Å². The highest BCUT2D eigenvalue weighted by Gasteiger charge is 2.34. The van der Waals surface area contributed by atoms with Crippen molar-refractivity contribution >= 4 is 27.7 Å². The molecule has 1 aliphatic heterocycles. The van der Waals surface area contributed by atoms with E-state index in [0.29, 0.717) is 24.8 Å². The molecule has 1 aromatic carbocycles. The van der Waals surface area contributed by atoms with Gasteiger partial charge in [-0.15, -0.1) is 0 Å². The minimum absolute atomic E-state index is 0.0879. The van der Waals surface area contributed by atoms with Gasteiger partial charge in [-0.3, -0.25) is 14.2 Å². The molecule has 0 spiro atoms. The lowest BCUT2D eigenvalue weighted by atomic mass is 10.0. The van der Waals surface area contributed by atoms with Gasteiger partial charge in [0, 0.05) is 25.7 Å². The van der Waals surface area contributed by atoms with Crippen LogP contribution >= 0.6 is 0 Å². The fourth-order valence-electron chi connectivity index (χ4n) is 4.16. The summed E-state index contributed by atoms with van der Waals surface area (Å²) in [6.45, 7) is 5.37. The predicted molar refractivity (Wildman–Crippen MR) is 138 cm³/mol. The van der Waals surface area contributed by atoms with Crippen molar-refractivity contribution in [2.75, 3.05) is 19.0 Å². The number of nitrogen functional groups attached to an aromatic ring is 1. The van der Waals surface area contributed by atoms with Gasteiger partial charge in [-0.1, -0.05) is 6.07 Å². The van der Waals surface area contributed by atoms with Crippen LogP contribution < -0.4 is 15.5 Å². The quantitative estimate of drug-likeness (QED) is 0.310. The molecule has 0 saturated carbocycles. The number of nitrogens with zero attached hydrogens (tertiary/aromatic N) is 3. The predicted octanol–water partition coefficient (Wildman–Crippen LogP) is 3.21. The Morgan fingerprint density at radius 1 is 1.26 bits per heavy atom. The molecule has 208 valence electrons. The Kier molecular flexibility index (Phi) is 8.49. The third-order valence-electron chi connectivity index (χ3n) is 5.94. The van der Waals surface area contributed by atoms with Crippen LogP contribution in [0.4, 0.5) is 14.9 Å². The summed E-state index contributed by atoms with van der Waals surface area (Å²) in [4.78, 5) is 45.4. The number of carbonyl (C=O) groups excluding carboxylic acids is 2. The summed E-state index contributed by atoms with van der Waals surface area (Å²) in [5.41, 5.74) is 4.43. The second-order valence-electron chi connectivity index (χ2n) is 10.3. The van der Waals surface area contributed by atoms with Crippen molar-refractivity contribution in [2.45, 2.75) is 71.1 Å². The average molecular weight is 553 g/mol. The number of aromatic nitrogens is 2. The summed E-state index contributed by atoms with van der Waals surface area (Å²) in [6.07, 6.45) is 1.63. The number of rotatable bonds is 7. The molecule has 0 radical (unpaired) electrons. The number of anilines is 1. The normalized spacial score (nSPS) is 15.8. The number of hydrogen-bond acceptors (Lipinski definition) is 9.